The van der Waals surface area contributed by atoms with E-state index in [1.165, 1.54) is 103 Å². The van der Waals surface area contributed by atoms with Gasteiger partial charge in [-0.05, 0) is 34.4 Å². The molecular formula is C22H49NO4S. The lowest BCUT2D eigenvalue weighted by Gasteiger charge is -2.19. The first-order chi connectivity index (χ1) is 13.2. The van der Waals surface area contributed by atoms with Crippen molar-refractivity contribution in [2.75, 3.05) is 20.7 Å². The summed E-state index contributed by atoms with van der Waals surface area (Å²) in [6.45, 7) is 6.07. The molecule has 28 heavy (non-hydrogen) atoms. The fourth-order valence-corrected chi connectivity index (χ4v) is 3.34. The molecule has 172 valence electrons. The Balaban J connectivity index is 0. The van der Waals surface area contributed by atoms with Crippen molar-refractivity contribution in [2.45, 2.75) is 123 Å². The van der Waals surface area contributed by atoms with E-state index in [9.17, 15) is 8.42 Å². The highest BCUT2D eigenvalue weighted by Gasteiger charge is 2.03. The molecule has 0 aliphatic rings. The van der Waals surface area contributed by atoms with Gasteiger partial charge in [-0.15, -0.1) is 0 Å². The largest absolute Gasteiger partial charge is 0.397 e. The fourth-order valence-electron chi connectivity index (χ4n) is 3.04. The van der Waals surface area contributed by atoms with Crippen LogP contribution in [0.15, 0.2) is 0 Å². The molecule has 0 aliphatic heterocycles. The molecule has 0 bridgehead atoms. The quantitative estimate of drug-likeness (QED) is 0.198. The average molecular weight is 424 g/mol. The molecule has 1 unspecified atom stereocenters. The van der Waals surface area contributed by atoms with Gasteiger partial charge in [-0.25, -0.2) is 4.18 Å². The second-order valence-electron chi connectivity index (χ2n) is 8.03. The Morgan fingerprint density at radius 1 is 0.750 bits per heavy atom. The minimum atomic E-state index is -4.17. The third-order valence-corrected chi connectivity index (χ3v) is 5.66. The summed E-state index contributed by atoms with van der Waals surface area (Å²) >= 11 is 0. The standard InChI is InChI=1S/C20H43N.C2H6O4S/c1-5-6-7-8-9-10-11-12-13-14-15-16-17-18-19-20(2)21(3)4;1-2-6-7(3,4)5/h20H,5-19H2,1-4H3;2H2,1H3,(H,3,4,5). The second kappa shape index (κ2) is 21.5. The van der Waals surface area contributed by atoms with E-state index in [1.54, 1.807) is 0 Å². The van der Waals surface area contributed by atoms with Crippen molar-refractivity contribution in [2.24, 2.45) is 0 Å². The lowest BCUT2D eigenvalue weighted by atomic mass is 10.0. The predicted molar refractivity (Wildman–Crippen MR) is 121 cm³/mol. The Morgan fingerprint density at radius 3 is 1.36 bits per heavy atom. The SMILES string of the molecule is CCCCCCCCCCCCCCCCC(C)N(C)C.CCOS(=O)(=O)O. The molecule has 0 fully saturated rings. The zero-order chi connectivity index (χ0) is 21.7. The molecule has 6 heteroatoms. The molecule has 0 aromatic carbocycles. The van der Waals surface area contributed by atoms with Crippen molar-refractivity contribution in [3.8, 4) is 0 Å². The van der Waals surface area contributed by atoms with Crippen molar-refractivity contribution in [1.82, 2.24) is 4.90 Å². The predicted octanol–water partition coefficient (Wildman–Crippen LogP) is 6.63. The molecule has 1 atom stereocenters. The van der Waals surface area contributed by atoms with E-state index in [0.717, 1.165) is 6.04 Å². The van der Waals surface area contributed by atoms with Gasteiger partial charge in [0.05, 0.1) is 6.61 Å². The summed E-state index contributed by atoms with van der Waals surface area (Å²) in [6, 6.07) is 0.752. The molecule has 0 aromatic heterocycles. The zero-order valence-corrected chi connectivity index (χ0v) is 20.2. The topological polar surface area (TPSA) is 66.8 Å². The lowest BCUT2D eigenvalue weighted by Crippen LogP contribution is -2.24. The van der Waals surface area contributed by atoms with Crippen molar-refractivity contribution < 1.29 is 17.2 Å². The van der Waals surface area contributed by atoms with Gasteiger partial charge in [0, 0.05) is 6.04 Å². The molecule has 0 spiro atoms. The zero-order valence-electron chi connectivity index (χ0n) is 19.4. The maximum Gasteiger partial charge on any atom is 0.397 e. The van der Waals surface area contributed by atoms with Crippen LogP contribution in [0.1, 0.15) is 117 Å². The first kappa shape index (κ1) is 30.0. The van der Waals surface area contributed by atoms with Crippen LogP contribution in [0, 0.1) is 0 Å². The van der Waals surface area contributed by atoms with Gasteiger partial charge in [0.15, 0.2) is 0 Å². The van der Waals surface area contributed by atoms with Crippen LogP contribution in [0.3, 0.4) is 0 Å². The fraction of sp³-hybridized carbons (Fsp3) is 1.00. The number of nitrogens with zero attached hydrogens (tertiary/aromatic N) is 1. The van der Waals surface area contributed by atoms with Crippen LogP contribution in [0.4, 0.5) is 0 Å². The minimum absolute atomic E-state index is 0.0289. The molecule has 0 radical (unpaired) electrons. The number of unbranched alkanes of at least 4 members (excludes halogenated alkanes) is 13. The summed E-state index contributed by atoms with van der Waals surface area (Å²) < 4.78 is 30.7. The van der Waals surface area contributed by atoms with Gasteiger partial charge in [-0.3, -0.25) is 4.55 Å². The molecular weight excluding hydrogens is 374 g/mol. The van der Waals surface area contributed by atoms with E-state index in [-0.39, 0.29) is 6.61 Å². The minimum Gasteiger partial charge on any atom is -0.307 e. The highest BCUT2D eigenvalue weighted by Crippen LogP contribution is 2.14. The van der Waals surface area contributed by atoms with Crippen LogP contribution < -0.4 is 0 Å². The van der Waals surface area contributed by atoms with E-state index in [2.05, 4.69) is 37.0 Å². The number of hydrogen-bond donors (Lipinski definition) is 1. The van der Waals surface area contributed by atoms with Crippen molar-refractivity contribution in [3.63, 3.8) is 0 Å². The Morgan fingerprint density at radius 2 is 1.11 bits per heavy atom. The van der Waals surface area contributed by atoms with Crippen molar-refractivity contribution in [1.29, 1.82) is 0 Å². The van der Waals surface area contributed by atoms with Crippen molar-refractivity contribution in [3.05, 3.63) is 0 Å². The number of hydrogen-bond acceptors (Lipinski definition) is 4. The summed E-state index contributed by atoms with van der Waals surface area (Å²) in [7, 11) is 0.204. The molecule has 5 nitrogen and oxygen atoms in total. The summed E-state index contributed by atoms with van der Waals surface area (Å²) in [5.74, 6) is 0. The van der Waals surface area contributed by atoms with E-state index in [0.29, 0.717) is 0 Å². The maximum atomic E-state index is 9.56. The third kappa shape index (κ3) is 28.0. The van der Waals surface area contributed by atoms with Gasteiger partial charge in [0.25, 0.3) is 0 Å². The normalized spacial score (nSPS) is 12.7. The molecule has 0 aliphatic carbocycles. The monoisotopic (exact) mass is 423 g/mol. The Bertz CT molecular complexity index is 399. The van der Waals surface area contributed by atoms with Gasteiger partial charge in [-0.1, -0.05) is 96.8 Å². The van der Waals surface area contributed by atoms with Gasteiger partial charge in [-0.2, -0.15) is 8.42 Å². The van der Waals surface area contributed by atoms with E-state index in [1.807, 2.05) is 0 Å². The summed E-state index contributed by atoms with van der Waals surface area (Å²) in [5.41, 5.74) is 0. The Hall–Kier alpha value is -0.170. The van der Waals surface area contributed by atoms with Gasteiger partial charge in [0.2, 0.25) is 0 Å². The average Bonchev–Trinajstić information content (AvgIpc) is 2.61. The molecule has 0 heterocycles. The maximum absolute atomic E-state index is 9.56. The summed E-state index contributed by atoms with van der Waals surface area (Å²) in [6.07, 6.45) is 21.7. The highest BCUT2D eigenvalue weighted by atomic mass is 32.3. The van der Waals surface area contributed by atoms with E-state index >= 15 is 0 Å². The first-order valence-corrected chi connectivity index (χ1v) is 12.9. The second-order valence-corrected chi connectivity index (χ2v) is 9.12. The van der Waals surface area contributed by atoms with Crippen LogP contribution in [-0.2, 0) is 14.6 Å². The van der Waals surface area contributed by atoms with Crippen molar-refractivity contribution >= 4 is 10.4 Å². The van der Waals surface area contributed by atoms with E-state index in [4.69, 9.17) is 4.55 Å². The smallest absolute Gasteiger partial charge is 0.307 e. The summed E-state index contributed by atoms with van der Waals surface area (Å²) in [4.78, 5) is 2.34. The van der Waals surface area contributed by atoms with Crippen LogP contribution >= 0.6 is 0 Å². The molecule has 0 saturated carbocycles. The molecule has 0 saturated heterocycles. The van der Waals surface area contributed by atoms with Crippen LogP contribution in [0.5, 0.6) is 0 Å². The van der Waals surface area contributed by atoms with Gasteiger partial charge >= 0.3 is 10.4 Å². The van der Waals surface area contributed by atoms with Gasteiger partial charge in [0.1, 0.15) is 0 Å². The Labute approximate surface area is 176 Å². The van der Waals surface area contributed by atoms with Gasteiger partial charge < -0.3 is 4.90 Å². The molecule has 0 amide bonds. The highest BCUT2D eigenvalue weighted by molar-refractivity contribution is 7.80. The van der Waals surface area contributed by atoms with Crippen LogP contribution in [-0.4, -0.2) is 44.6 Å². The third-order valence-electron chi connectivity index (χ3n) is 5.12. The van der Waals surface area contributed by atoms with E-state index < -0.39 is 10.4 Å². The van der Waals surface area contributed by atoms with Crippen LogP contribution in [0.2, 0.25) is 0 Å². The van der Waals surface area contributed by atoms with Crippen LogP contribution in [0.25, 0.3) is 0 Å². The lowest BCUT2D eigenvalue weighted by molar-refractivity contribution is 0.283. The number of rotatable bonds is 18. The molecule has 1 N–H and O–H groups in total. The molecule has 0 rings (SSSR count). The summed E-state index contributed by atoms with van der Waals surface area (Å²) in [5, 5.41) is 0. The molecule has 0 aromatic rings. The first-order valence-electron chi connectivity index (χ1n) is 11.5. The Kier molecular flexibility index (Phi) is 23.1.